The number of anilines is 3. The highest BCUT2D eigenvalue weighted by molar-refractivity contribution is 7.90. The number of hydrogen-bond donors (Lipinski definition) is 2. The van der Waals surface area contributed by atoms with E-state index in [0.717, 1.165) is 62.5 Å². The molecule has 47 heavy (non-hydrogen) atoms. The molecule has 2 fully saturated rings. The number of carbonyl (C=O) groups excluding carboxylic acids is 1. The maximum atomic E-state index is 13.7. The van der Waals surface area contributed by atoms with Crippen LogP contribution in [0.2, 0.25) is 0 Å². The highest BCUT2D eigenvalue weighted by atomic mass is 35.5. The van der Waals surface area contributed by atoms with E-state index in [9.17, 15) is 13.2 Å². The molecule has 1 unspecified atom stereocenters. The Morgan fingerprint density at radius 3 is 2.38 bits per heavy atom. The number of rotatable bonds is 2. The van der Waals surface area contributed by atoms with Crippen LogP contribution in [0.15, 0.2) is 53.7 Å². The third-order valence-corrected chi connectivity index (χ3v) is 10.7. The molecule has 6 rings (SSSR count). The molecular formula is C34H47ClN8O3S. The first-order chi connectivity index (χ1) is 21.7. The van der Waals surface area contributed by atoms with Gasteiger partial charge in [-0.2, -0.15) is 8.42 Å². The van der Waals surface area contributed by atoms with Crippen LogP contribution in [0, 0.1) is 5.92 Å². The summed E-state index contributed by atoms with van der Waals surface area (Å²) >= 11 is 0. The van der Waals surface area contributed by atoms with Gasteiger partial charge in [0.25, 0.3) is 15.9 Å². The first kappa shape index (κ1) is 34.8. The zero-order valence-electron chi connectivity index (χ0n) is 28.2. The van der Waals surface area contributed by atoms with Crippen LogP contribution >= 0.6 is 12.4 Å². The number of sulfonamides is 1. The van der Waals surface area contributed by atoms with E-state index in [0.29, 0.717) is 24.1 Å². The quantitative estimate of drug-likeness (QED) is 0.381. The number of amides is 1. The van der Waals surface area contributed by atoms with Crippen LogP contribution in [0.25, 0.3) is 0 Å². The first-order valence-corrected chi connectivity index (χ1v) is 17.7. The minimum Gasteiger partial charge on any atom is -0.368 e. The van der Waals surface area contributed by atoms with Crippen molar-refractivity contribution in [3.8, 4) is 0 Å². The predicted octanol–water partition coefficient (Wildman–Crippen LogP) is 5.01. The summed E-state index contributed by atoms with van der Waals surface area (Å²) in [5, 5.41) is 3.25. The van der Waals surface area contributed by atoms with Gasteiger partial charge in [0.05, 0.1) is 29.2 Å². The molecular weight excluding hydrogens is 636 g/mol. The average molecular weight is 683 g/mol. The van der Waals surface area contributed by atoms with Crippen molar-refractivity contribution in [2.75, 3.05) is 54.9 Å². The van der Waals surface area contributed by atoms with Crippen LogP contribution < -0.4 is 19.8 Å². The second-order valence-corrected chi connectivity index (χ2v) is 16.2. The van der Waals surface area contributed by atoms with Crippen molar-refractivity contribution in [1.29, 1.82) is 0 Å². The Labute approximate surface area is 285 Å². The van der Waals surface area contributed by atoms with Gasteiger partial charge in [0.2, 0.25) is 0 Å². The first-order valence-electron chi connectivity index (χ1n) is 16.2. The third-order valence-electron chi connectivity index (χ3n) is 9.51. The average Bonchev–Trinajstić information content (AvgIpc) is 3.32. The molecule has 0 saturated carbocycles. The molecule has 0 spiro atoms. The predicted molar refractivity (Wildman–Crippen MR) is 188 cm³/mol. The Kier molecular flexibility index (Phi) is 9.79. The number of likely N-dealkylation sites (N-methyl/N-ethyl adjacent to an activating group) is 1. The molecule has 1 amide bonds. The molecule has 2 N–H and O–H groups in total. The van der Waals surface area contributed by atoms with Crippen molar-refractivity contribution >= 4 is 45.7 Å². The summed E-state index contributed by atoms with van der Waals surface area (Å²) in [6.45, 7) is 15.2. The molecule has 254 valence electrons. The lowest BCUT2D eigenvalue weighted by molar-refractivity contribution is 0.0981. The van der Waals surface area contributed by atoms with Crippen molar-refractivity contribution < 1.29 is 13.2 Å². The second kappa shape index (κ2) is 13.2. The van der Waals surface area contributed by atoms with Crippen molar-refractivity contribution in [3.63, 3.8) is 0 Å². The largest absolute Gasteiger partial charge is 0.368 e. The van der Waals surface area contributed by atoms with Gasteiger partial charge in [-0.3, -0.25) is 9.78 Å². The molecule has 3 aromatic heterocycles. The highest BCUT2D eigenvalue weighted by Crippen LogP contribution is 2.41. The van der Waals surface area contributed by atoms with Gasteiger partial charge in [0.1, 0.15) is 11.6 Å². The number of hydrogen-bond acceptors (Lipinski definition) is 10. The molecule has 3 aromatic rings. The monoisotopic (exact) mass is 682 g/mol. The Morgan fingerprint density at radius 1 is 0.957 bits per heavy atom. The number of pyridine rings is 3. The maximum Gasteiger partial charge on any atom is 0.281 e. The fourth-order valence-electron chi connectivity index (χ4n) is 6.81. The molecule has 11 nitrogen and oxygen atoms in total. The summed E-state index contributed by atoms with van der Waals surface area (Å²) in [6, 6.07) is 12.3. The molecule has 0 radical (unpaired) electrons. The number of halogens is 1. The minimum absolute atomic E-state index is 0. The normalized spacial score (nSPS) is 23.0. The SMILES string of the molecule is CN1CCN(c2ccc(C3CC[C@@H]4CN(c5nc(C(C)(C)C)ccc5C(=O)NS(=O)(=O)c5cccc(n5)N3)C(C)(C)C4)nc2)CC1.Cl. The zero-order valence-corrected chi connectivity index (χ0v) is 29.8. The molecule has 0 aliphatic carbocycles. The summed E-state index contributed by atoms with van der Waals surface area (Å²) in [7, 11) is -2.13. The van der Waals surface area contributed by atoms with E-state index in [4.69, 9.17) is 9.97 Å². The lowest BCUT2D eigenvalue weighted by Crippen LogP contribution is -2.44. The number of aromatic nitrogens is 3. The fraction of sp³-hybridized carbons (Fsp3) is 0.529. The van der Waals surface area contributed by atoms with Crippen LogP contribution in [-0.4, -0.2) is 79.5 Å². The number of nitrogens with one attached hydrogen (secondary N) is 2. The van der Waals surface area contributed by atoms with Gasteiger partial charge in [-0.1, -0.05) is 26.8 Å². The summed E-state index contributed by atoms with van der Waals surface area (Å²) < 4.78 is 29.3. The van der Waals surface area contributed by atoms with Gasteiger partial charge in [0.15, 0.2) is 5.03 Å². The van der Waals surface area contributed by atoms with Crippen molar-refractivity contribution in [3.05, 3.63) is 65.6 Å². The fourth-order valence-corrected chi connectivity index (χ4v) is 7.74. The Morgan fingerprint density at radius 2 is 1.70 bits per heavy atom. The third kappa shape index (κ3) is 7.49. The number of piperazine rings is 1. The molecule has 4 bridgehead atoms. The number of fused-ring (bicyclic) bond motifs is 6. The van der Waals surface area contributed by atoms with Gasteiger partial charge in [-0.25, -0.2) is 14.7 Å². The summed E-state index contributed by atoms with van der Waals surface area (Å²) in [6.07, 6.45) is 4.52. The molecule has 3 aliphatic rings. The number of nitrogens with zero attached hydrogens (tertiary/aromatic N) is 6. The van der Waals surface area contributed by atoms with E-state index >= 15 is 0 Å². The van der Waals surface area contributed by atoms with E-state index in [1.807, 2.05) is 12.3 Å². The maximum absolute atomic E-state index is 13.7. The van der Waals surface area contributed by atoms with Crippen molar-refractivity contribution in [2.45, 2.75) is 75.9 Å². The van der Waals surface area contributed by atoms with Crippen molar-refractivity contribution in [2.24, 2.45) is 5.92 Å². The standard InChI is InChI=1S/C34H46N8O3S.ClH/c1-33(2,3)28-15-12-25-31(37-28)42-22-23(20-34(42,4)5)10-13-27(26-14-11-24(21-35-26)41-18-16-40(6)17-19-41)36-29-8-7-9-30(38-29)46(44,45)39-32(25)43;/h7-9,11-12,14-15,21,23,27H,10,13,16-20,22H2,1-6H3,(H,36,38)(H,39,43);1H/t23-,27?;/m0./s1. The lowest BCUT2D eigenvalue weighted by atomic mass is 9.90. The van der Waals surface area contributed by atoms with E-state index in [-0.39, 0.29) is 40.0 Å². The number of carbonyl (C=O) groups is 1. The van der Waals surface area contributed by atoms with Gasteiger partial charge in [-0.05, 0) is 82.5 Å². The van der Waals surface area contributed by atoms with Gasteiger partial charge in [-0.15, -0.1) is 12.4 Å². The minimum atomic E-state index is -4.28. The van der Waals surface area contributed by atoms with E-state index in [2.05, 4.69) is 83.5 Å². The summed E-state index contributed by atoms with van der Waals surface area (Å²) in [4.78, 5) is 34.9. The van der Waals surface area contributed by atoms with Crippen LogP contribution in [0.3, 0.4) is 0 Å². The van der Waals surface area contributed by atoms with Crippen LogP contribution in [0.4, 0.5) is 17.3 Å². The smallest absolute Gasteiger partial charge is 0.281 e. The molecule has 2 atom stereocenters. The Hall–Kier alpha value is -3.48. The summed E-state index contributed by atoms with van der Waals surface area (Å²) in [5.41, 5.74) is 2.50. The zero-order chi connectivity index (χ0) is 32.9. The Balaban J connectivity index is 0.00000433. The lowest BCUT2D eigenvalue weighted by Gasteiger charge is -2.34. The highest BCUT2D eigenvalue weighted by Gasteiger charge is 2.41. The van der Waals surface area contributed by atoms with Gasteiger partial charge < -0.3 is 20.0 Å². The molecule has 3 aliphatic heterocycles. The van der Waals surface area contributed by atoms with Crippen LogP contribution in [-0.2, 0) is 15.4 Å². The van der Waals surface area contributed by atoms with E-state index in [1.165, 1.54) is 6.07 Å². The molecule has 0 aromatic carbocycles. The Bertz CT molecular complexity index is 1700. The van der Waals surface area contributed by atoms with Crippen LogP contribution in [0.5, 0.6) is 0 Å². The van der Waals surface area contributed by atoms with E-state index < -0.39 is 15.9 Å². The molecule has 13 heteroatoms. The topological polar surface area (TPSA) is 124 Å². The summed E-state index contributed by atoms with van der Waals surface area (Å²) in [5.74, 6) is 0.526. The van der Waals surface area contributed by atoms with Crippen LogP contribution in [0.1, 0.15) is 81.7 Å². The van der Waals surface area contributed by atoms with Gasteiger partial charge >= 0.3 is 0 Å². The molecule has 2 saturated heterocycles. The van der Waals surface area contributed by atoms with E-state index in [1.54, 1.807) is 18.2 Å². The molecule has 6 heterocycles. The second-order valence-electron chi connectivity index (χ2n) is 14.6. The van der Waals surface area contributed by atoms with Gasteiger partial charge in [0, 0.05) is 49.4 Å². The van der Waals surface area contributed by atoms with Crippen molar-refractivity contribution in [1.82, 2.24) is 24.6 Å².